The SMILES string of the molecule is FC1=CC=NC(Nc2ccccc2)C1(Cl)c1nnc(SCc2cn(-c3cc(Cl)c(Cl)cc3Cl)nn2)o1. The van der Waals surface area contributed by atoms with Gasteiger partial charge in [-0.05, 0) is 30.3 Å². The lowest BCUT2D eigenvalue weighted by molar-refractivity contribution is 0.334. The molecule has 36 heavy (non-hydrogen) atoms. The summed E-state index contributed by atoms with van der Waals surface area (Å²) in [7, 11) is 0. The van der Waals surface area contributed by atoms with Crippen molar-refractivity contribution in [2.24, 2.45) is 4.99 Å². The smallest absolute Gasteiger partial charge is 0.277 e. The third kappa shape index (κ3) is 4.96. The number of anilines is 1. The molecule has 2 aromatic heterocycles. The van der Waals surface area contributed by atoms with E-state index in [0.29, 0.717) is 37.9 Å². The van der Waals surface area contributed by atoms with Crippen LogP contribution in [0.4, 0.5) is 10.1 Å². The van der Waals surface area contributed by atoms with Crippen LogP contribution < -0.4 is 5.32 Å². The van der Waals surface area contributed by atoms with Crippen LogP contribution in [-0.2, 0) is 10.6 Å². The third-order valence-electron chi connectivity index (χ3n) is 5.10. The molecule has 0 saturated carbocycles. The Hall–Kier alpha value is -2.63. The zero-order valence-electron chi connectivity index (χ0n) is 17.9. The molecular formula is C22H14Cl4FN7OS. The Kier molecular flexibility index (Phi) is 7.23. The second-order valence-electron chi connectivity index (χ2n) is 7.47. The Morgan fingerprint density at radius 1 is 1.06 bits per heavy atom. The predicted molar refractivity (Wildman–Crippen MR) is 139 cm³/mol. The second kappa shape index (κ2) is 10.4. The predicted octanol–water partition coefficient (Wildman–Crippen LogP) is 6.71. The summed E-state index contributed by atoms with van der Waals surface area (Å²) in [5.74, 6) is -0.468. The van der Waals surface area contributed by atoms with Crippen LogP contribution >= 0.6 is 58.2 Å². The Balaban J connectivity index is 1.31. The van der Waals surface area contributed by atoms with Crippen LogP contribution in [0.3, 0.4) is 0 Å². The monoisotopic (exact) mass is 583 g/mol. The Labute approximate surface area is 228 Å². The van der Waals surface area contributed by atoms with Gasteiger partial charge in [0, 0.05) is 17.7 Å². The molecule has 4 aromatic rings. The van der Waals surface area contributed by atoms with E-state index in [-0.39, 0.29) is 11.1 Å². The average Bonchev–Trinajstić information content (AvgIpc) is 3.54. The molecule has 0 saturated heterocycles. The molecule has 2 atom stereocenters. The molecule has 0 fully saturated rings. The number of para-hydroxylation sites is 1. The van der Waals surface area contributed by atoms with E-state index in [1.165, 1.54) is 34.8 Å². The maximum atomic E-state index is 15.0. The van der Waals surface area contributed by atoms with Crippen LogP contribution in [0.2, 0.25) is 15.1 Å². The van der Waals surface area contributed by atoms with Gasteiger partial charge in [-0.15, -0.1) is 15.3 Å². The number of nitrogens with one attached hydrogen (secondary N) is 1. The number of rotatable bonds is 7. The van der Waals surface area contributed by atoms with E-state index < -0.39 is 16.9 Å². The van der Waals surface area contributed by atoms with Crippen LogP contribution in [0.5, 0.6) is 0 Å². The van der Waals surface area contributed by atoms with E-state index in [9.17, 15) is 4.39 Å². The van der Waals surface area contributed by atoms with Crippen molar-refractivity contribution in [3.05, 3.63) is 87.2 Å². The number of nitrogens with zero attached hydrogens (tertiary/aromatic N) is 6. The number of hydrogen-bond acceptors (Lipinski definition) is 8. The quantitative estimate of drug-likeness (QED) is 0.146. The number of hydrogen-bond donors (Lipinski definition) is 1. The normalized spacial score (nSPS) is 19.4. The summed E-state index contributed by atoms with van der Waals surface area (Å²) in [6.07, 6.45) is 3.27. The zero-order chi connectivity index (χ0) is 25.3. The van der Waals surface area contributed by atoms with Gasteiger partial charge >= 0.3 is 0 Å². The molecule has 0 radical (unpaired) electrons. The lowest BCUT2D eigenvalue weighted by Crippen LogP contribution is -2.41. The minimum Gasteiger partial charge on any atom is -0.413 e. The summed E-state index contributed by atoms with van der Waals surface area (Å²) in [6, 6.07) is 12.3. The summed E-state index contributed by atoms with van der Waals surface area (Å²) < 4.78 is 22.2. The number of alkyl halides is 1. The lowest BCUT2D eigenvalue weighted by atomic mass is 10.0. The molecule has 0 aliphatic carbocycles. The maximum Gasteiger partial charge on any atom is 0.277 e. The summed E-state index contributed by atoms with van der Waals surface area (Å²) in [6.45, 7) is 0. The molecule has 5 rings (SSSR count). The molecule has 1 aliphatic rings. The fourth-order valence-electron chi connectivity index (χ4n) is 3.32. The van der Waals surface area contributed by atoms with Gasteiger partial charge in [-0.1, -0.05) is 81.6 Å². The van der Waals surface area contributed by atoms with Gasteiger partial charge in [0.25, 0.3) is 5.22 Å². The van der Waals surface area contributed by atoms with E-state index in [0.717, 1.165) is 0 Å². The van der Waals surface area contributed by atoms with Gasteiger partial charge in [-0.2, -0.15) is 0 Å². The highest BCUT2D eigenvalue weighted by Crippen LogP contribution is 2.44. The first kappa shape index (κ1) is 25.0. The second-order valence-corrected chi connectivity index (χ2v) is 10.2. The number of thioether (sulfide) groups is 1. The van der Waals surface area contributed by atoms with Crippen LogP contribution in [0.25, 0.3) is 5.69 Å². The van der Waals surface area contributed by atoms with Gasteiger partial charge in [-0.3, -0.25) is 4.99 Å². The Bertz CT molecular complexity index is 1460. The van der Waals surface area contributed by atoms with Crippen molar-refractivity contribution in [2.75, 3.05) is 5.32 Å². The van der Waals surface area contributed by atoms with Crippen LogP contribution in [0, 0.1) is 0 Å². The van der Waals surface area contributed by atoms with E-state index >= 15 is 0 Å². The molecule has 2 unspecified atom stereocenters. The van der Waals surface area contributed by atoms with E-state index in [1.807, 2.05) is 30.3 Å². The molecule has 184 valence electrons. The molecule has 0 bridgehead atoms. The van der Waals surface area contributed by atoms with Crippen molar-refractivity contribution >= 4 is 70.1 Å². The van der Waals surface area contributed by atoms with Crippen molar-refractivity contribution in [1.29, 1.82) is 0 Å². The number of dihydropyridines is 1. The van der Waals surface area contributed by atoms with Crippen LogP contribution in [0.1, 0.15) is 11.6 Å². The molecule has 0 spiro atoms. The van der Waals surface area contributed by atoms with Crippen molar-refractivity contribution < 1.29 is 8.81 Å². The first-order valence-corrected chi connectivity index (χ1v) is 12.8. The highest BCUT2D eigenvalue weighted by Gasteiger charge is 2.49. The first-order valence-electron chi connectivity index (χ1n) is 10.3. The van der Waals surface area contributed by atoms with Crippen molar-refractivity contribution in [1.82, 2.24) is 25.2 Å². The highest BCUT2D eigenvalue weighted by atomic mass is 35.5. The van der Waals surface area contributed by atoms with Crippen molar-refractivity contribution in [2.45, 2.75) is 22.0 Å². The summed E-state index contributed by atoms with van der Waals surface area (Å²) in [5.41, 5.74) is 1.83. The molecule has 2 aromatic carbocycles. The zero-order valence-corrected chi connectivity index (χ0v) is 21.8. The van der Waals surface area contributed by atoms with Gasteiger partial charge in [0.05, 0.1) is 32.6 Å². The van der Waals surface area contributed by atoms with E-state index in [4.69, 9.17) is 50.8 Å². The van der Waals surface area contributed by atoms with Gasteiger partial charge in [-0.25, -0.2) is 9.07 Å². The number of allylic oxidation sites excluding steroid dienone is 1. The molecule has 1 aliphatic heterocycles. The lowest BCUT2D eigenvalue weighted by Gasteiger charge is -2.31. The van der Waals surface area contributed by atoms with Crippen molar-refractivity contribution in [3.63, 3.8) is 0 Å². The topological polar surface area (TPSA) is 94.0 Å². The number of aliphatic imine (C=N–C) groups is 1. The largest absolute Gasteiger partial charge is 0.413 e. The number of halogens is 5. The van der Waals surface area contributed by atoms with Gasteiger partial charge in [0.15, 0.2) is 6.17 Å². The van der Waals surface area contributed by atoms with E-state index in [1.54, 1.807) is 12.3 Å². The van der Waals surface area contributed by atoms with Crippen LogP contribution in [-0.4, -0.2) is 37.6 Å². The van der Waals surface area contributed by atoms with Gasteiger partial charge < -0.3 is 9.73 Å². The molecule has 1 N–H and O–H groups in total. The van der Waals surface area contributed by atoms with Gasteiger partial charge in [0.2, 0.25) is 10.8 Å². The maximum absolute atomic E-state index is 15.0. The van der Waals surface area contributed by atoms with Gasteiger partial charge in [0.1, 0.15) is 5.83 Å². The molecule has 0 amide bonds. The molecule has 8 nitrogen and oxygen atoms in total. The molecule has 14 heteroatoms. The Morgan fingerprint density at radius 2 is 1.83 bits per heavy atom. The number of benzene rings is 2. The fraction of sp³-hybridized carbons (Fsp3) is 0.136. The van der Waals surface area contributed by atoms with Crippen molar-refractivity contribution in [3.8, 4) is 5.69 Å². The molecule has 3 heterocycles. The molecular weight excluding hydrogens is 571 g/mol. The fourth-order valence-corrected chi connectivity index (χ4v) is 4.84. The van der Waals surface area contributed by atoms with E-state index in [2.05, 4.69) is 30.8 Å². The highest BCUT2D eigenvalue weighted by molar-refractivity contribution is 7.98. The third-order valence-corrected chi connectivity index (χ3v) is 7.52. The van der Waals surface area contributed by atoms with Crippen LogP contribution in [0.15, 0.2) is 75.2 Å². The summed E-state index contributed by atoms with van der Waals surface area (Å²) in [4.78, 5) is 2.47. The first-order chi connectivity index (χ1) is 17.3. The summed E-state index contributed by atoms with van der Waals surface area (Å²) in [5, 5.41) is 20.5. The number of aromatic nitrogens is 5. The minimum absolute atomic E-state index is 0.128. The standard InChI is InChI=1S/C22H14Cl4FN7OS/c23-14-8-16(25)17(9-15(14)24)34-10-13(30-33-34)11-36-21-32-31-20(35-21)22(26)18(27)6-7-28-19(22)29-12-4-2-1-3-5-12/h1-10,19,29H,11H2. The Morgan fingerprint density at radius 3 is 2.64 bits per heavy atom. The summed E-state index contributed by atoms with van der Waals surface area (Å²) >= 11 is 26.2. The average molecular weight is 585 g/mol. The minimum atomic E-state index is -1.82.